The number of carbonyl (C=O) groups excluding carboxylic acids is 1. The van der Waals surface area contributed by atoms with E-state index in [1.807, 2.05) is 12.1 Å². The number of nitrogen functional groups attached to an aromatic ring is 1. The van der Waals surface area contributed by atoms with Crippen molar-refractivity contribution in [2.45, 2.75) is 12.8 Å². The molecule has 0 spiro atoms. The number of rotatable bonds is 2. The number of aromatic nitrogens is 2. The van der Waals surface area contributed by atoms with Gasteiger partial charge in [-0.3, -0.25) is 4.79 Å². The molecule has 0 aliphatic carbocycles. The third-order valence-corrected chi connectivity index (χ3v) is 3.31. The SMILES string of the molecule is CN1C(=O)Cc2cc(Cc3ncc(N)cn3)ccc21. The standard InChI is InChI=1S/C14H14N4O/c1-18-12-3-2-9(4-10(12)6-14(18)19)5-13-16-7-11(15)8-17-13/h2-4,7-8H,5-6,15H2,1H3. The van der Waals surface area contributed by atoms with E-state index in [0.717, 1.165) is 22.6 Å². The van der Waals surface area contributed by atoms with Gasteiger partial charge in [-0.15, -0.1) is 0 Å². The van der Waals surface area contributed by atoms with E-state index in [1.54, 1.807) is 24.3 Å². The van der Waals surface area contributed by atoms with E-state index in [4.69, 9.17) is 5.73 Å². The fourth-order valence-corrected chi connectivity index (χ4v) is 2.27. The second-order valence-electron chi connectivity index (χ2n) is 4.70. The van der Waals surface area contributed by atoms with Crippen molar-refractivity contribution in [2.24, 2.45) is 0 Å². The Morgan fingerprint density at radius 1 is 1.32 bits per heavy atom. The normalized spacial score (nSPS) is 13.7. The quantitative estimate of drug-likeness (QED) is 0.873. The van der Waals surface area contributed by atoms with E-state index in [0.29, 0.717) is 18.5 Å². The minimum absolute atomic E-state index is 0.135. The molecule has 0 saturated carbocycles. The smallest absolute Gasteiger partial charge is 0.231 e. The molecule has 96 valence electrons. The second-order valence-corrected chi connectivity index (χ2v) is 4.70. The van der Waals surface area contributed by atoms with E-state index < -0.39 is 0 Å². The number of fused-ring (bicyclic) bond motifs is 1. The molecule has 2 aromatic rings. The molecule has 3 rings (SSSR count). The van der Waals surface area contributed by atoms with Crippen LogP contribution in [0.3, 0.4) is 0 Å². The van der Waals surface area contributed by atoms with Gasteiger partial charge in [-0.25, -0.2) is 9.97 Å². The molecule has 0 bridgehead atoms. The Labute approximate surface area is 111 Å². The van der Waals surface area contributed by atoms with Gasteiger partial charge in [-0.2, -0.15) is 0 Å². The molecule has 1 aliphatic heterocycles. The van der Waals surface area contributed by atoms with E-state index >= 15 is 0 Å². The number of carbonyl (C=O) groups is 1. The van der Waals surface area contributed by atoms with Gasteiger partial charge >= 0.3 is 0 Å². The van der Waals surface area contributed by atoms with Gasteiger partial charge in [0.15, 0.2) is 0 Å². The molecule has 2 heterocycles. The number of nitrogens with zero attached hydrogens (tertiary/aromatic N) is 3. The molecule has 0 fully saturated rings. The van der Waals surface area contributed by atoms with E-state index in [-0.39, 0.29) is 5.91 Å². The van der Waals surface area contributed by atoms with Crippen molar-refractivity contribution < 1.29 is 4.79 Å². The lowest BCUT2D eigenvalue weighted by Gasteiger charge is -2.10. The van der Waals surface area contributed by atoms with Crippen LogP contribution in [-0.4, -0.2) is 22.9 Å². The maximum atomic E-state index is 11.6. The summed E-state index contributed by atoms with van der Waals surface area (Å²) in [6.07, 6.45) is 4.33. The molecule has 2 N–H and O–H groups in total. The summed E-state index contributed by atoms with van der Waals surface area (Å²) in [6, 6.07) is 6.04. The highest BCUT2D eigenvalue weighted by atomic mass is 16.2. The fourth-order valence-electron chi connectivity index (χ4n) is 2.27. The van der Waals surface area contributed by atoms with Crippen molar-refractivity contribution in [3.63, 3.8) is 0 Å². The maximum Gasteiger partial charge on any atom is 0.231 e. The molecular formula is C14H14N4O. The summed E-state index contributed by atoms with van der Waals surface area (Å²) in [4.78, 5) is 21.7. The number of hydrogen-bond donors (Lipinski definition) is 1. The average molecular weight is 254 g/mol. The molecule has 5 heteroatoms. The minimum atomic E-state index is 0.135. The molecule has 19 heavy (non-hydrogen) atoms. The molecule has 0 radical (unpaired) electrons. The molecule has 1 aromatic carbocycles. The molecule has 5 nitrogen and oxygen atoms in total. The van der Waals surface area contributed by atoms with E-state index in [2.05, 4.69) is 16.0 Å². The van der Waals surface area contributed by atoms with Crippen LogP contribution < -0.4 is 10.6 Å². The number of likely N-dealkylation sites (N-methyl/N-ethyl adjacent to an activating group) is 1. The van der Waals surface area contributed by atoms with Crippen LogP contribution in [0.2, 0.25) is 0 Å². The number of amides is 1. The van der Waals surface area contributed by atoms with Gasteiger partial charge in [-0.1, -0.05) is 12.1 Å². The number of benzene rings is 1. The Kier molecular flexibility index (Phi) is 2.67. The zero-order valence-corrected chi connectivity index (χ0v) is 10.6. The number of nitrogens with two attached hydrogens (primary N) is 1. The first kappa shape index (κ1) is 11.6. The van der Waals surface area contributed by atoms with E-state index in [9.17, 15) is 4.79 Å². The van der Waals surface area contributed by atoms with Gasteiger partial charge in [0.25, 0.3) is 0 Å². The first-order valence-corrected chi connectivity index (χ1v) is 6.08. The fraction of sp³-hybridized carbons (Fsp3) is 0.214. The van der Waals surface area contributed by atoms with Gasteiger partial charge in [0.05, 0.1) is 24.5 Å². The predicted octanol–water partition coefficient (Wildman–Crippen LogP) is 1.17. The summed E-state index contributed by atoms with van der Waals surface area (Å²) < 4.78 is 0. The van der Waals surface area contributed by atoms with Crippen LogP contribution in [0.1, 0.15) is 17.0 Å². The lowest BCUT2D eigenvalue weighted by Crippen LogP contribution is -2.20. The van der Waals surface area contributed by atoms with E-state index in [1.165, 1.54) is 0 Å². The summed E-state index contributed by atoms with van der Waals surface area (Å²) in [5, 5.41) is 0. The lowest BCUT2D eigenvalue weighted by molar-refractivity contribution is -0.117. The molecule has 1 amide bonds. The van der Waals surface area contributed by atoms with Gasteiger partial charge in [0.1, 0.15) is 5.82 Å². The number of hydrogen-bond acceptors (Lipinski definition) is 4. The zero-order valence-electron chi connectivity index (χ0n) is 10.6. The Morgan fingerprint density at radius 2 is 2.05 bits per heavy atom. The Bertz CT molecular complexity index is 636. The average Bonchev–Trinajstić information content (AvgIpc) is 2.68. The second kappa shape index (κ2) is 4.35. The van der Waals surface area contributed by atoms with Crippen LogP contribution in [0.25, 0.3) is 0 Å². The summed E-state index contributed by atoms with van der Waals surface area (Å²) in [6.45, 7) is 0. The zero-order chi connectivity index (χ0) is 13.4. The molecule has 1 aliphatic rings. The van der Waals surface area contributed by atoms with Crippen LogP contribution in [-0.2, 0) is 17.6 Å². The Morgan fingerprint density at radius 3 is 2.79 bits per heavy atom. The topological polar surface area (TPSA) is 72.1 Å². The van der Waals surface area contributed by atoms with Crippen molar-refractivity contribution in [1.82, 2.24) is 9.97 Å². The molecule has 0 saturated heterocycles. The lowest BCUT2D eigenvalue weighted by atomic mass is 10.1. The van der Waals surface area contributed by atoms with Gasteiger partial charge in [-0.05, 0) is 17.2 Å². The first-order chi connectivity index (χ1) is 9.13. The van der Waals surface area contributed by atoms with Crippen molar-refractivity contribution >= 4 is 17.3 Å². The summed E-state index contributed by atoms with van der Waals surface area (Å²) >= 11 is 0. The highest BCUT2D eigenvalue weighted by molar-refractivity contribution is 6.00. The molecular weight excluding hydrogens is 240 g/mol. The van der Waals surface area contributed by atoms with Crippen molar-refractivity contribution in [2.75, 3.05) is 17.7 Å². The van der Waals surface area contributed by atoms with Crippen LogP contribution in [0, 0.1) is 0 Å². The van der Waals surface area contributed by atoms with Gasteiger partial charge in [0, 0.05) is 19.2 Å². The van der Waals surface area contributed by atoms with Crippen molar-refractivity contribution in [3.8, 4) is 0 Å². The number of anilines is 2. The minimum Gasteiger partial charge on any atom is -0.396 e. The van der Waals surface area contributed by atoms with Gasteiger partial charge in [0.2, 0.25) is 5.91 Å². The Hall–Kier alpha value is -2.43. The highest BCUT2D eigenvalue weighted by Gasteiger charge is 2.23. The highest BCUT2D eigenvalue weighted by Crippen LogP contribution is 2.28. The molecule has 0 unspecified atom stereocenters. The molecule has 0 atom stereocenters. The monoisotopic (exact) mass is 254 g/mol. The summed E-state index contributed by atoms with van der Waals surface area (Å²) in [5.74, 6) is 0.864. The Balaban J connectivity index is 1.86. The predicted molar refractivity (Wildman–Crippen MR) is 72.8 cm³/mol. The van der Waals surface area contributed by atoms with Crippen LogP contribution in [0.4, 0.5) is 11.4 Å². The van der Waals surface area contributed by atoms with Crippen LogP contribution in [0.5, 0.6) is 0 Å². The third-order valence-electron chi connectivity index (χ3n) is 3.31. The van der Waals surface area contributed by atoms with Gasteiger partial charge < -0.3 is 10.6 Å². The van der Waals surface area contributed by atoms with Crippen LogP contribution >= 0.6 is 0 Å². The maximum absolute atomic E-state index is 11.6. The van der Waals surface area contributed by atoms with Crippen molar-refractivity contribution in [3.05, 3.63) is 47.5 Å². The summed E-state index contributed by atoms with van der Waals surface area (Å²) in [5.41, 5.74) is 9.28. The first-order valence-electron chi connectivity index (χ1n) is 6.08. The van der Waals surface area contributed by atoms with Crippen LogP contribution in [0.15, 0.2) is 30.6 Å². The summed E-state index contributed by atoms with van der Waals surface area (Å²) in [7, 11) is 1.80. The third kappa shape index (κ3) is 2.14. The molecule has 1 aromatic heterocycles. The van der Waals surface area contributed by atoms with Crippen molar-refractivity contribution in [1.29, 1.82) is 0 Å². The largest absolute Gasteiger partial charge is 0.396 e.